The van der Waals surface area contributed by atoms with Crippen LogP contribution in [0.15, 0.2) is 24.3 Å². The Hall–Kier alpha value is -1.18. The van der Waals surface area contributed by atoms with Gasteiger partial charge in [-0.3, -0.25) is 0 Å². The van der Waals surface area contributed by atoms with Gasteiger partial charge in [-0.15, -0.1) is 0 Å². The van der Waals surface area contributed by atoms with Gasteiger partial charge < -0.3 is 10.6 Å². The Labute approximate surface area is 98.4 Å². The first kappa shape index (κ1) is 11.3. The van der Waals surface area contributed by atoms with E-state index in [1.165, 1.54) is 44.5 Å². The first-order valence-electron chi connectivity index (χ1n) is 6.40. The van der Waals surface area contributed by atoms with Crippen LogP contribution in [0.1, 0.15) is 32.6 Å². The van der Waals surface area contributed by atoms with Gasteiger partial charge in [-0.05, 0) is 30.9 Å². The van der Waals surface area contributed by atoms with E-state index in [-0.39, 0.29) is 0 Å². The number of nitrogens with two attached hydrogens (primary N) is 1. The van der Waals surface area contributed by atoms with Gasteiger partial charge in [0.05, 0.1) is 11.4 Å². The quantitative estimate of drug-likeness (QED) is 0.789. The fourth-order valence-electron chi connectivity index (χ4n) is 2.65. The molecule has 0 atom stereocenters. The molecule has 0 saturated carbocycles. The van der Waals surface area contributed by atoms with Crippen molar-refractivity contribution in [2.75, 3.05) is 23.7 Å². The molecule has 1 aliphatic rings. The van der Waals surface area contributed by atoms with Crippen molar-refractivity contribution in [3.63, 3.8) is 0 Å². The molecular formula is C14H22N2. The van der Waals surface area contributed by atoms with Crippen molar-refractivity contribution in [2.24, 2.45) is 5.92 Å². The summed E-state index contributed by atoms with van der Waals surface area (Å²) in [4.78, 5) is 2.43. The lowest BCUT2D eigenvalue weighted by atomic mass is 9.92. The third kappa shape index (κ3) is 2.49. The summed E-state index contributed by atoms with van der Waals surface area (Å²) in [5.74, 6) is 0.936. The summed E-state index contributed by atoms with van der Waals surface area (Å²) in [6, 6.07) is 8.20. The Morgan fingerprint density at radius 3 is 2.56 bits per heavy atom. The maximum atomic E-state index is 6.00. The van der Waals surface area contributed by atoms with Crippen molar-refractivity contribution in [3.8, 4) is 0 Å². The summed E-state index contributed by atoms with van der Waals surface area (Å²) in [6.07, 6.45) is 5.35. The molecule has 0 bridgehead atoms. The van der Waals surface area contributed by atoms with E-state index in [1.54, 1.807) is 0 Å². The Bertz CT molecular complexity index is 327. The average Bonchev–Trinajstić information content (AvgIpc) is 2.31. The molecule has 1 aromatic carbocycles. The van der Waals surface area contributed by atoms with E-state index in [0.717, 1.165) is 11.6 Å². The van der Waals surface area contributed by atoms with Crippen LogP contribution >= 0.6 is 0 Å². The molecule has 1 heterocycles. The van der Waals surface area contributed by atoms with Crippen molar-refractivity contribution in [1.82, 2.24) is 0 Å². The highest BCUT2D eigenvalue weighted by atomic mass is 15.1. The predicted octanol–water partition coefficient (Wildman–Crippen LogP) is 3.29. The summed E-state index contributed by atoms with van der Waals surface area (Å²) in [6.45, 7) is 4.61. The monoisotopic (exact) mass is 218 g/mol. The van der Waals surface area contributed by atoms with E-state index >= 15 is 0 Å². The smallest absolute Gasteiger partial charge is 0.0599 e. The Kier molecular flexibility index (Phi) is 3.70. The van der Waals surface area contributed by atoms with Crippen LogP contribution in [-0.2, 0) is 0 Å². The number of hydrogen-bond acceptors (Lipinski definition) is 2. The van der Waals surface area contributed by atoms with Gasteiger partial charge in [-0.25, -0.2) is 0 Å². The molecule has 0 aliphatic carbocycles. The molecular weight excluding hydrogens is 196 g/mol. The largest absolute Gasteiger partial charge is 0.397 e. The van der Waals surface area contributed by atoms with Crippen LogP contribution in [0.4, 0.5) is 11.4 Å². The van der Waals surface area contributed by atoms with E-state index in [2.05, 4.69) is 24.0 Å². The van der Waals surface area contributed by atoms with Crippen LogP contribution < -0.4 is 10.6 Å². The zero-order valence-corrected chi connectivity index (χ0v) is 10.2. The van der Waals surface area contributed by atoms with Gasteiger partial charge >= 0.3 is 0 Å². The normalized spacial score (nSPS) is 17.7. The highest BCUT2D eigenvalue weighted by Crippen LogP contribution is 2.29. The number of nitrogen functional groups attached to an aromatic ring is 1. The van der Waals surface area contributed by atoms with Gasteiger partial charge in [0, 0.05) is 13.1 Å². The zero-order chi connectivity index (χ0) is 11.4. The van der Waals surface area contributed by atoms with E-state index < -0.39 is 0 Å². The fourth-order valence-corrected chi connectivity index (χ4v) is 2.65. The van der Waals surface area contributed by atoms with Gasteiger partial charge in [0.2, 0.25) is 0 Å². The number of piperidine rings is 1. The van der Waals surface area contributed by atoms with E-state index in [4.69, 9.17) is 5.73 Å². The molecule has 1 aromatic rings. The number of anilines is 2. The standard InChI is InChI=1S/C14H22N2/c1-2-5-12-8-10-16(11-9-12)14-7-4-3-6-13(14)15/h3-4,6-7,12H,2,5,8-11,15H2,1H3. The lowest BCUT2D eigenvalue weighted by Gasteiger charge is -2.34. The molecule has 88 valence electrons. The molecule has 0 radical (unpaired) electrons. The first-order chi connectivity index (χ1) is 7.81. The second-order valence-corrected chi connectivity index (χ2v) is 4.78. The number of para-hydroxylation sites is 2. The van der Waals surface area contributed by atoms with Gasteiger partial charge in [0.1, 0.15) is 0 Å². The topological polar surface area (TPSA) is 29.3 Å². The summed E-state index contributed by atoms with van der Waals surface area (Å²) in [5, 5.41) is 0. The molecule has 2 rings (SSSR count). The number of benzene rings is 1. The van der Waals surface area contributed by atoms with Crippen LogP contribution in [0.3, 0.4) is 0 Å². The minimum absolute atomic E-state index is 0.913. The first-order valence-corrected chi connectivity index (χ1v) is 6.40. The molecule has 0 unspecified atom stereocenters. The minimum Gasteiger partial charge on any atom is -0.397 e. The van der Waals surface area contributed by atoms with Crippen molar-refractivity contribution < 1.29 is 0 Å². The maximum absolute atomic E-state index is 6.00. The van der Waals surface area contributed by atoms with Crippen molar-refractivity contribution in [1.29, 1.82) is 0 Å². The molecule has 1 fully saturated rings. The lowest BCUT2D eigenvalue weighted by Crippen LogP contribution is -2.34. The highest BCUT2D eigenvalue weighted by Gasteiger charge is 2.19. The van der Waals surface area contributed by atoms with E-state index in [9.17, 15) is 0 Å². The lowest BCUT2D eigenvalue weighted by molar-refractivity contribution is 0.378. The van der Waals surface area contributed by atoms with Gasteiger partial charge in [-0.2, -0.15) is 0 Å². The molecule has 2 nitrogen and oxygen atoms in total. The fraction of sp³-hybridized carbons (Fsp3) is 0.571. The average molecular weight is 218 g/mol. The molecule has 16 heavy (non-hydrogen) atoms. The second-order valence-electron chi connectivity index (χ2n) is 4.78. The maximum Gasteiger partial charge on any atom is 0.0599 e. The minimum atomic E-state index is 0.913. The molecule has 1 aliphatic heterocycles. The number of rotatable bonds is 3. The Balaban J connectivity index is 1.96. The van der Waals surface area contributed by atoms with Crippen molar-refractivity contribution in [2.45, 2.75) is 32.6 Å². The SMILES string of the molecule is CCCC1CCN(c2ccccc2N)CC1. The molecule has 0 spiro atoms. The summed E-state index contributed by atoms with van der Waals surface area (Å²) in [5.41, 5.74) is 8.14. The zero-order valence-electron chi connectivity index (χ0n) is 10.2. The Morgan fingerprint density at radius 2 is 1.94 bits per heavy atom. The third-order valence-corrected chi connectivity index (χ3v) is 3.59. The molecule has 2 heteroatoms. The van der Waals surface area contributed by atoms with Crippen LogP contribution in [0, 0.1) is 5.92 Å². The number of nitrogens with zero attached hydrogens (tertiary/aromatic N) is 1. The van der Waals surface area contributed by atoms with Crippen LogP contribution in [0.25, 0.3) is 0 Å². The number of hydrogen-bond donors (Lipinski definition) is 1. The van der Waals surface area contributed by atoms with Crippen LogP contribution in [0.5, 0.6) is 0 Å². The summed E-state index contributed by atoms with van der Waals surface area (Å²) >= 11 is 0. The van der Waals surface area contributed by atoms with E-state index in [1.807, 2.05) is 12.1 Å². The Morgan fingerprint density at radius 1 is 1.25 bits per heavy atom. The summed E-state index contributed by atoms with van der Waals surface area (Å²) < 4.78 is 0. The highest BCUT2D eigenvalue weighted by molar-refractivity contribution is 5.67. The second kappa shape index (κ2) is 5.24. The van der Waals surface area contributed by atoms with Crippen LogP contribution in [0.2, 0.25) is 0 Å². The molecule has 1 saturated heterocycles. The summed E-state index contributed by atoms with van der Waals surface area (Å²) in [7, 11) is 0. The van der Waals surface area contributed by atoms with Crippen molar-refractivity contribution in [3.05, 3.63) is 24.3 Å². The van der Waals surface area contributed by atoms with Gasteiger partial charge in [0.15, 0.2) is 0 Å². The van der Waals surface area contributed by atoms with Gasteiger partial charge in [0.25, 0.3) is 0 Å². The van der Waals surface area contributed by atoms with Crippen molar-refractivity contribution >= 4 is 11.4 Å². The molecule has 0 aromatic heterocycles. The molecule has 0 amide bonds. The predicted molar refractivity (Wildman–Crippen MR) is 70.7 cm³/mol. The van der Waals surface area contributed by atoms with Crippen LogP contribution in [-0.4, -0.2) is 13.1 Å². The molecule has 2 N–H and O–H groups in total. The van der Waals surface area contributed by atoms with E-state index in [0.29, 0.717) is 0 Å². The third-order valence-electron chi connectivity index (χ3n) is 3.59. The van der Waals surface area contributed by atoms with Gasteiger partial charge in [-0.1, -0.05) is 31.9 Å².